The highest BCUT2D eigenvalue weighted by molar-refractivity contribution is 7.26. The molecule has 0 aliphatic carbocycles. The van der Waals surface area contributed by atoms with E-state index in [1.54, 1.807) is 0 Å². The lowest BCUT2D eigenvalue weighted by Gasteiger charge is -2.14. The fourth-order valence-corrected chi connectivity index (χ4v) is 10.4. The summed E-state index contributed by atoms with van der Waals surface area (Å²) in [5, 5.41) is 7.63. The standard InChI is InChI=1S/C54H34N2S/c1-3-14-35(15-4-1)36-16-13-17-39(32-36)41-29-31-50(54-53(41)45-22-9-12-25-52(45)57-54)56-48-24-11-7-20-42(48)44-28-26-38(34-51(44)56)37-27-30-49-46(33-37)43-21-8-10-23-47(43)55(49)40-18-5-2-6-19-40/h1-34H. The van der Waals surface area contributed by atoms with Crippen molar-refractivity contribution in [3.05, 3.63) is 206 Å². The monoisotopic (exact) mass is 742 g/mol. The van der Waals surface area contributed by atoms with Gasteiger partial charge in [0.1, 0.15) is 0 Å². The Labute approximate surface area is 333 Å². The summed E-state index contributed by atoms with van der Waals surface area (Å²) < 4.78 is 7.48. The molecule has 57 heavy (non-hydrogen) atoms. The molecule has 0 aliphatic rings. The predicted molar refractivity (Wildman–Crippen MR) is 244 cm³/mol. The van der Waals surface area contributed by atoms with E-state index in [0.29, 0.717) is 0 Å². The molecule has 0 aliphatic heterocycles. The molecule has 266 valence electrons. The first-order valence-electron chi connectivity index (χ1n) is 19.5. The van der Waals surface area contributed by atoms with Crippen LogP contribution >= 0.6 is 11.3 Å². The lowest BCUT2D eigenvalue weighted by Crippen LogP contribution is -1.95. The van der Waals surface area contributed by atoms with Gasteiger partial charge in [-0.1, -0.05) is 146 Å². The van der Waals surface area contributed by atoms with Crippen LogP contribution in [0.25, 0.3) is 109 Å². The smallest absolute Gasteiger partial charge is 0.0641 e. The van der Waals surface area contributed by atoms with Gasteiger partial charge in [0.15, 0.2) is 0 Å². The van der Waals surface area contributed by atoms with Gasteiger partial charge in [-0.2, -0.15) is 0 Å². The molecule has 0 saturated heterocycles. The van der Waals surface area contributed by atoms with E-state index in [1.807, 2.05) is 11.3 Å². The Hall–Kier alpha value is -7.20. The third-order valence-corrected chi connectivity index (χ3v) is 12.9. The Morgan fingerprint density at radius 1 is 0.316 bits per heavy atom. The van der Waals surface area contributed by atoms with Crippen molar-refractivity contribution in [2.45, 2.75) is 0 Å². The number of para-hydroxylation sites is 3. The molecular formula is C54H34N2S. The molecule has 12 aromatic rings. The van der Waals surface area contributed by atoms with E-state index in [9.17, 15) is 0 Å². The number of nitrogens with zero attached hydrogens (tertiary/aromatic N) is 2. The molecule has 0 atom stereocenters. The third kappa shape index (κ3) is 4.96. The van der Waals surface area contributed by atoms with E-state index < -0.39 is 0 Å². The zero-order valence-corrected chi connectivity index (χ0v) is 31.7. The van der Waals surface area contributed by atoms with Gasteiger partial charge in [0, 0.05) is 42.7 Å². The summed E-state index contributed by atoms with van der Waals surface area (Å²) in [5.74, 6) is 0. The Morgan fingerprint density at radius 2 is 0.895 bits per heavy atom. The van der Waals surface area contributed by atoms with E-state index in [0.717, 1.165) is 0 Å². The molecular weight excluding hydrogens is 709 g/mol. The lowest BCUT2D eigenvalue weighted by atomic mass is 9.95. The molecule has 0 unspecified atom stereocenters. The summed E-state index contributed by atoms with van der Waals surface area (Å²) in [6.45, 7) is 0. The molecule has 9 aromatic carbocycles. The summed E-state index contributed by atoms with van der Waals surface area (Å²) in [4.78, 5) is 0. The topological polar surface area (TPSA) is 9.86 Å². The molecule has 0 N–H and O–H groups in total. The van der Waals surface area contributed by atoms with Crippen molar-refractivity contribution in [1.29, 1.82) is 0 Å². The first-order chi connectivity index (χ1) is 28.3. The first kappa shape index (κ1) is 32.1. The second kappa shape index (κ2) is 12.7. The van der Waals surface area contributed by atoms with Crippen LogP contribution in [0.3, 0.4) is 0 Å². The number of benzene rings is 9. The Balaban J connectivity index is 1.08. The normalized spacial score (nSPS) is 11.9. The highest BCUT2D eigenvalue weighted by Gasteiger charge is 2.20. The first-order valence-corrected chi connectivity index (χ1v) is 20.3. The number of hydrogen-bond donors (Lipinski definition) is 0. The number of rotatable bonds is 5. The van der Waals surface area contributed by atoms with Gasteiger partial charge in [0.25, 0.3) is 0 Å². The maximum absolute atomic E-state index is 2.51. The van der Waals surface area contributed by atoms with Crippen LogP contribution in [-0.2, 0) is 0 Å². The molecule has 0 saturated carbocycles. The summed E-state index contributed by atoms with van der Waals surface area (Å²) >= 11 is 1.89. The summed E-state index contributed by atoms with van der Waals surface area (Å²) in [5.41, 5.74) is 14.6. The number of aromatic nitrogens is 2. The molecule has 0 fully saturated rings. The van der Waals surface area contributed by atoms with E-state index in [-0.39, 0.29) is 0 Å². The van der Waals surface area contributed by atoms with Crippen molar-refractivity contribution < 1.29 is 0 Å². The maximum atomic E-state index is 2.51. The minimum atomic E-state index is 1.17. The second-order valence-electron chi connectivity index (χ2n) is 14.9. The maximum Gasteiger partial charge on any atom is 0.0641 e. The highest BCUT2D eigenvalue weighted by atomic mass is 32.1. The average Bonchev–Trinajstić information content (AvgIpc) is 3.94. The van der Waals surface area contributed by atoms with Crippen molar-refractivity contribution >= 4 is 75.1 Å². The van der Waals surface area contributed by atoms with Crippen LogP contribution in [0.2, 0.25) is 0 Å². The molecule has 3 heteroatoms. The molecule has 3 heterocycles. The zero-order valence-electron chi connectivity index (χ0n) is 30.9. The predicted octanol–water partition coefficient (Wildman–Crippen LogP) is 15.2. The highest BCUT2D eigenvalue weighted by Crippen LogP contribution is 2.46. The van der Waals surface area contributed by atoms with Gasteiger partial charge in [0.2, 0.25) is 0 Å². The fourth-order valence-electron chi connectivity index (χ4n) is 9.15. The van der Waals surface area contributed by atoms with E-state index in [4.69, 9.17) is 0 Å². The van der Waals surface area contributed by atoms with Crippen LogP contribution in [0.15, 0.2) is 206 Å². The van der Waals surface area contributed by atoms with Crippen molar-refractivity contribution in [2.75, 3.05) is 0 Å². The Bertz CT molecular complexity index is 3510. The minimum Gasteiger partial charge on any atom is -0.309 e. The molecule has 3 aromatic heterocycles. The second-order valence-corrected chi connectivity index (χ2v) is 15.9. The molecule has 0 spiro atoms. The number of fused-ring (bicyclic) bond motifs is 9. The van der Waals surface area contributed by atoms with Crippen LogP contribution < -0.4 is 0 Å². The average molecular weight is 743 g/mol. The third-order valence-electron chi connectivity index (χ3n) is 11.7. The van der Waals surface area contributed by atoms with Crippen molar-refractivity contribution in [3.63, 3.8) is 0 Å². The Kier molecular flexibility index (Phi) is 7.13. The van der Waals surface area contributed by atoms with Gasteiger partial charge >= 0.3 is 0 Å². The molecule has 0 bridgehead atoms. The van der Waals surface area contributed by atoms with Crippen LogP contribution in [0.4, 0.5) is 0 Å². The van der Waals surface area contributed by atoms with Crippen molar-refractivity contribution in [2.24, 2.45) is 0 Å². The Morgan fingerprint density at radius 3 is 1.72 bits per heavy atom. The molecule has 0 amide bonds. The van der Waals surface area contributed by atoms with Crippen LogP contribution in [-0.4, -0.2) is 9.13 Å². The molecule has 12 rings (SSSR count). The molecule has 0 radical (unpaired) electrons. The van der Waals surface area contributed by atoms with Crippen LogP contribution in [0.1, 0.15) is 0 Å². The summed E-state index contributed by atoms with van der Waals surface area (Å²) in [6, 6.07) is 75.6. The van der Waals surface area contributed by atoms with Crippen molar-refractivity contribution in [3.8, 4) is 44.8 Å². The largest absolute Gasteiger partial charge is 0.309 e. The van der Waals surface area contributed by atoms with Crippen molar-refractivity contribution in [1.82, 2.24) is 9.13 Å². The minimum absolute atomic E-state index is 1.17. The zero-order chi connectivity index (χ0) is 37.5. The van der Waals surface area contributed by atoms with Crippen LogP contribution in [0, 0.1) is 0 Å². The summed E-state index contributed by atoms with van der Waals surface area (Å²) in [6.07, 6.45) is 0. The van der Waals surface area contributed by atoms with E-state index >= 15 is 0 Å². The quantitative estimate of drug-likeness (QED) is 0.166. The van der Waals surface area contributed by atoms with Gasteiger partial charge in [-0.3, -0.25) is 0 Å². The summed E-state index contributed by atoms with van der Waals surface area (Å²) in [7, 11) is 0. The number of hydrogen-bond acceptors (Lipinski definition) is 1. The van der Waals surface area contributed by atoms with Gasteiger partial charge in [0.05, 0.1) is 32.5 Å². The molecule has 2 nitrogen and oxygen atoms in total. The lowest BCUT2D eigenvalue weighted by molar-refractivity contribution is 1.18. The van der Waals surface area contributed by atoms with Crippen LogP contribution in [0.5, 0.6) is 0 Å². The van der Waals surface area contributed by atoms with E-state index in [2.05, 4.69) is 215 Å². The fraction of sp³-hybridized carbons (Fsp3) is 0. The van der Waals surface area contributed by atoms with Gasteiger partial charge in [-0.05, 0) is 94.0 Å². The van der Waals surface area contributed by atoms with E-state index in [1.165, 1.54) is 109 Å². The SMILES string of the molecule is c1ccc(-c2cccc(-c3ccc(-n4c5ccccc5c5ccc(-c6ccc7c(c6)c6ccccc6n7-c6ccccc6)cc54)c4sc5ccccc5c34)c2)cc1. The number of thiophene rings is 1. The van der Waals surface area contributed by atoms with Gasteiger partial charge in [-0.25, -0.2) is 0 Å². The van der Waals surface area contributed by atoms with Gasteiger partial charge in [-0.15, -0.1) is 11.3 Å². The van der Waals surface area contributed by atoms with Gasteiger partial charge < -0.3 is 9.13 Å².